The molecule has 1 aliphatic heterocycles. The quantitative estimate of drug-likeness (QED) is 0.634. The van der Waals surface area contributed by atoms with Gasteiger partial charge in [0.15, 0.2) is 0 Å². The minimum absolute atomic E-state index is 0.0920. The molecule has 2 saturated carbocycles. The van der Waals surface area contributed by atoms with Gasteiger partial charge in [0.1, 0.15) is 23.1 Å². The van der Waals surface area contributed by atoms with E-state index in [9.17, 15) is 18.0 Å². The van der Waals surface area contributed by atoms with Crippen molar-refractivity contribution >= 4 is 27.7 Å². The van der Waals surface area contributed by atoms with Crippen LogP contribution in [0.15, 0.2) is 36.2 Å². The second-order valence-corrected chi connectivity index (χ2v) is 11.1. The Morgan fingerprint density at radius 1 is 1.29 bits per heavy atom. The third kappa shape index (κ3) is 3.89. The van der Waals surface area contributed by atoms with Crippen LogP contribution in [0.1, 0.15) is 38.2 Å². The van der Waals surface area contributed by atoms with Crippen molar-refractivity contribution in [2.24, 2.45) is 13.0 Å². The van der Waals surface area contributed by atoms with E-state index in [1.165, 1.54) is 11.0 Å². The summed E-state index contributed by atoms with van der Waals surface area (Å²) in [5.74, 6) is -0.0597. The van der Waals surface area contributed by atoms with Crippen molar-refractivity contribution in [1.82, 2.24) is 19.4 Å². The molecule has 1 N–H and O–H groups in total. The Bertz CT molecular complexity index is 1170. The number of fused-ring (bicyclic) bond motifs is 1. The highest BCUT2D eigenvalue weighted by Crippen LogP contribution is 2.36. The molecule has 0 saturated heterocycles. The molecule has 31 heavy (non-hydrogen) atoms. The number of aryl methyl sites for hydroxylation is 1. The number of amides is 3. The van der Waals surface area contributed by atoms with Crippen molar-refractivity contribution in [2.45, 2.75) is 49.9 Å². The summed E-state index contributed by atoms with van der Waals surface area (Å²) in [6, 6.07) is -0.373. The van der Waals surface area contributed by atoms with Crippen LogP contribution in [-0.4, -0.2) is 62.7 Å². The van der Waals surface area contributed by atoms with Crippen LogP contribution in [0.5, 0.6) is 0 Å². The second-order valence-electron chi connectivity index (χ2n) is 9.25. The summed E-state index contributed by atoms with van der Waals surface area (Å²) < 4.78 is 31.8. The molecular formula is C21H26N5O4S+. The number of carbonyl (C=O) groups excluding carboxylic acids is 2. The predicted molar refractivity (Wildman–Crippen MR) is 113 cm³/mol. The lowest BCUT2D eigenvalue weighted by Crippen LogP contribution is -2.52. The Morgan fingerprint density at radius 3 is 2.65 bits per heavy atom. The largest absolute Gasteiger partial charge is 0.501 e. The third-order valence-electron chi connectivity index (χ3n) is 6.26. The van der Waals surface area contributed by atoms with Gasteiger partial charge in [-0.2, -0.15) is 19.4 Å². The van der Waals surface area contributed by atoms with E-state index in [1.807, 2.05) is 6.92 Å². The Labute approximate surface area is 181 Å². The monoisotopic (exact) mass is 444 g/mol. The molecule has 0 aromatic carbocycles. The number of hydrogen-bond donors (Lipinski definition) is 1. The number of hydrogen-bond acceptors (Lipinski definition) is 5. The van der Waals surface area contributed by atoms with Crippen LogP contribution in [-0.2, 0) is 28.4 Å². The van der Waals surface area contributed by atoms with E-state index in [-0.39, 0.29) is 18.1 Å². The molecule has 4 aliphatic rings. The molecule has 0 radical (unpaired) electrons. The number of allylic oxidation sites excluding steroid dienone is 1. The summed E-state index contributed by atoms with van der Waals surface area (Å²) in [5, 5.41) is 3.16. The summed E-state index contributed by atoms with van der Waals surface area (Å²) in [6.07, 6.45) is 11.7. The molecule has 1 aromatic rings. The zero-order valence-electron chi connectivity index (χ0n) is 17.6. The Morgan fingerprint density at radius 2 is 2.03 bits per heavy atom. The van der Waals surface area contributed by atoms with Gasteiger partial charge in [0.05, 0.1) is 12.7 Å². The van der Waals surface area contributed by atoms with Crippen molar-refractivity contribution in [3.05, 3.63) is 41.8 Å². The van der Waals surface area contributed by atoms with Crippen LogP contribution >= 0.6 is 0 Å². The first-order valence-electron chi connectivity index (χ1n) is 10.6. The van der Waals surface area contributed by atoms with E-state index in [0.29, 0.717) is 18.2 Å². The maximum Gasteiger partial charge on any atom is 0.501 e. The average molecular weight is 445 g/mol. The van der Waals surface area contributed by atoms with Crippen LogP contribution in [0.2, 0.25) is 0 Å². The van der Waals surface area contributed by atoms with E-state index < -0.39 is 26.7 Å². The number of aromatic nitrogens is 2. The van der Waals surface area contributed by atoms with Gasteiger partial charge in [-0.15, -0.1) is 0 Å². The SMILES string of the molecule is Cn1cc(CN2C(=O)C3=CC(S(=O)(=O)NC4(C)CC4)C=CC3=[N+](CC3CC3)C2=O)cn1. The van der Waals surface area contributed by atoms with Crippen molar-refractivity contribution in [1.29, 1.82) is 0 Å². The highest BCUT2D eigenvalue weighted by molar-refractivity contribution is 7.90. The maximum absolute atomic E-state index is 13.3. The van der Waals surface area contributed by atoms with E-state index >= 15 is 0 Å². The summed E-state index contributed by atoms with van der Waals surface area (Å²) in [6.45, 7) is 2.49. The normalized spacial score (nSPS) is 25.0. The summed E-state index contributed by atoms with van der Waals surface area (Å²) in [4.78, 5) is 27.7. The molecule has 9 nitrogen and oxygen atoms in total. The highest BCUT2D eigenvalue weighted by Gasteiger charge is 2.48. The maximum atomic E-state index is 13.3. The molecule has 3 aliphatic carbocycles. The lowest BCUT2D eigenvalue weighted by atomic mass is 9.99. The fourth-order valence-electron chi connectivity index (χ4n) is 3.98. The Kier molecular flexibility index (Phi) is 4.56. The number of imide groups is 1. The molecular weight excluding hydrogens is 418 g/mol. The molecule has 0 bridgehead atoms. The molecule has 1 unspecified atom stereocenters. The number of urea groups is 1. The molecule has 0 spiro atoms. The third-order valence-corrected chi connectivity index (χ3v) is 8.05. The molecule has 2 heterocycles. The molecule has 3 amide bonds. The van der Waals surface area contributed by atoms with E-state index in [4.69, 9.17) is 0 Å². The summed E-state index contributed by atoms with van der Waals surface area (Å²) in [5.41, 5.74) is 1.10. The van der Waals surface area contributed by atoms with Crippen molar-refractivity contribution < 1.29 is 22.6 Å². The summed E-state index contributed by atoms with van der Waals surface area (Å²) in [7, 11) is -1.91. The second kappa shape index (κ2) is 6.96. The molecule has 2 fully saturated rings. The average Bonchev–Trinajstić information content (AvgIpc) is 3.63. The topological polar surface area (TPSA) is 104 Å². The van der Waals surface area contributed by atoms with Crippen LogP contribution in [0.25, 0.3) is 0 Å². The number of nitrogens with zero attached hydrogens (tertiary/aromatic N) is 4. The van der Waals surface area contributed by atoms with E-state index in [0.717, 1.165) is 31.2 Å². The van der Waals surface area contributed by atoms with Gasteiger partial charge in [-0.05, 0) is 50.7 Å². The van der Waals surface area contributed by atoms with Gasteiger partial charge in [0.2, 0.25) is 10.0 Å². The molecule has 1 atom stereocenters. The molecule has 10 heteroatoms. The van der Waals surface area contributed by atoms with Crippen molar-refractivity contribution in [3.8, 4) is 0 Å². The van der Waals surface area contributed by atoms with Crippen LogP contribution in [0, 0.1) is 5.92 Å². The van der Waals surface area contributed by atoms with Crippen LogP contribution in [0.4, 0.5) is 4.79 Å². The standard InChI is InChI=1S/C21H26N5O4S/c1-21(7-8-21)23-31(29,30)16-5-6-18-17(9-16)19(27)26(13-15-10-22-24(2)11-15)20(28)25(18)12-14-3-4-14/h5-6,9-11,14,16,23H,3-4,7-8,12-13H2,1-2H3/q+1. The number of rotatable bonds is 7. The Hall–Kier alpha value is -2.59. The first-order chi connectivity index (χ1) is 14.7. The van der Waals surface area contributed by atoms with E-state index in [2.05, 4.69) is 9.82 Å². The van der Waals surface area contributed by atoms with Gasteiger partial charge < -0.3 is 0 Å². The zero-order valence-corrected chi connectivity index (χ0v) is 18.4. The minimum Gasteiger partial charge on any atom is -0.275 e. The zero-order chi connectivity index (χ0) is 22.0. The van der Waals surface area contributed by atoms with Crippen molar-refractivity contribution in [2.75, 3.05) is 6.54 Å². The lowest BCUT2D eigenvalue weighted by Gasteiger charge is -2.26. The fourth-order valence-corrected chi connectivity index (χ4v) is 5.61. The van der Waals surface area contributed by atoms with Crippen LogP contribution < -0.4 is 4.72 Å². The molecule has 164 valence electrons. The smallest absolute Gasteiger partial charge is 0.275 e. The Balaban J connectivity index is 1.51. The minimum atomic E-state index is -3.68. The van der Waals surface area contributed by atoms with Gasteiger partial charge in [0, 0.05) is 24.3 Å². The highest BCUT2D eigenvalue weighted by atomic mass is 32.2. The lowest BCUT2D eigenvalue weighted by molar-refractivity contribution is -0.440. The van der Waals surface area contributed by atoms with Crippen molar-refractivity contribution in [3.63, 3.8) is 0 Å². The first-order valence-corrected chi connectivity index (χ1v) is 12.1. The fraction of sp³-hybridized carbons (Fsp3) is 0.524. The first kappa shape index (κ1) is 20.3. The number of carbonyl (C=O) groups is 2. The number of nitrogens with one attached hydrogen (secondary N) is 1. The molecule has 1 aromatic heterocycles. The van der Waals surface area contributed by atoms with Crippen LogP contribution in [0.3, 0.4) is 0 Å². The molecule has 5 rings (SSSR count). The van der Waals surface area contributed by atoms with Gasteiger partial charge in [0.25, 0.3) is 0 Å². The van der Waals surface area contributed by atoms with Gasteiger partial charge in [-0.1, -0.05) is 6.08 Å². The van der Waals surface area contributed by atoms with Gasteiger partial charge in [-0.25, -0.2) is 17.9 Å². The number of sulfonamides is 1. The predicted octanol–water partition coefficient (Wildman–Crippen LogP) is 1.08. The van der Waals surface area contributed by atoms with E-state index in [1.54, 1.807) is 40.9 Å². The summed E-state index contributed by atoms with van der Waals surface area (Å²) >= 11 is 0. The van der Waals surface area contributed by atoms with Gasteiger partial charge >= 0.3 is 11.9 Å². The van der Waals surface area contributed by atoms with Gasteiger partial charge in [-0.3, -0.25) is 4.68 Å².